The predicted molar refractivity (Wildman–Crippen MR) is 86.1 cm³/mol. The van der Waals surface area contributed by atoms with Gasteiger partial charge >= 0.3 is 88.7 Å². The van der Waals surface area contributed by atoms with Crippen LogP contribution < -0.4 is 98.9 Å². The molecule has 2 aromatic heterocycles. The third-order valence-corrected chi connectivity index (χ3v) is 2.71. The maximum atomic E-state index is 10.8. The van der Waals surface area contributed by atoms with Crippen LogP contribution in [0, 0.1) is 27.2 Å². The molecule has 0 unspecified atom stereocenters. The Kier molecular flexibility index (Phi) is 24.5. The van der Waals surface area contributed by atoms with Crippen LogP contribution in [0.1, 0.15) is 5.82 Å². The Morgan fingerprint density at radius 2 is 1.29 bits per heavy atom. The summed E-state index contributed by atoms with van der Waals surface area (Å²) in [5.41, 5.74) is -1.18. The quantitative estimate of drug-likeness (QED) is 0.106. The second kappa shape index (κ2) is 19.2. The fourth-order valence-electron chi connectivity index (χ4n) is 1.14. The summed E-state index contributed by atoms with van der Waals surface area (Å²) < 4.78 is 0. The van der Waals surface area contributed by atoms with Gasteiger partial charge in [0.05, 0.1) is 21.6 Å². The zero-order valence-corrected chi connectivity index (χ0v) is 23.7. The van der Waals surface area contributed by atoms with E-state index in [0.29, 0.717) is 0 Å². The zero-order chi connectivity index (χ0) is 19.6. The van der Waals surface area contributed by atoms with Crippen molar-refractivity contribution >= 4 is 35.8 Å². The summed E-state index contributed by atoms with van der Waals surface area (Å²) in [7, 11) is 0. The molecular formula is C11H11N6Na3O6S2. The van der Waals surface area contributed by atoms with Crippen molar-refractivity contribution in [3.63, 3.8) is 0 Å². The van der Waals surface area contributed by atoms with Crippen LogP contribution in [0.3, 0.4) is 0 Å². The van der Waals surface area contributed by atoms with E-state index in [1.165, 1.54) is 6.92 Å². The van der Waals surface area contributed by atoms with Crippen LogP contribution in [0.15, 0.2) is 17.6 Å². The van der Waals surface area contributed by atoms with Crippen molar-refractivity contribution in [1.29, 1.82) is 0 Å². The molecule has 0 radical (unpaired) electrons. The van der Waals surface area contributed by atoms with Gasteiger partial charge in [0.2, 0.25) is 0 Å². The van der Waals surface area contributed by atoms with Crippen molar-refractivity contribution in [2.45, 2.75) is 12.1 Å². The number of thioether (sulfide) groups is 1. The normalized spacial score (nSPS) is 8.14. The minimum Gasteiger partial charge on any atom is -0.854 e. The Hall–Kier alpha value is 0.260. The standard InChI is InChI=1S/C5H5N3O3S.C5H5N3O3.CH4S.3Na/c1-12-5-6-2-3(8(10)11)4(9)7-5;1-3-6-2-4(8(10)11)5(9)7-3;1-2;;;/h2H,1H3,(H,6,7,9);2H,1H3,(H,6,7,9);2H,1H3;;;/q;;;3*+1/p-3. The minimum atomic E-state index is -0.848. The summed E-state index contributed by atoms with van der Waals surface area (Å²) in [5, 5.41) is 42.0. The van der Waals surface area contributed by atoms with Gasteiger partial charge in [0.1, 0.15) is 18.2 Å². The topological polar surface area (TPSA) is 184 Å². The molecule has 0 N–H and O–H groups in total. The molecule has 17 heteroatoms. The van der Waals surface area contributed by atoms with E-state index in [-0.39, 0.29) is 99.7 Å². The van der Waals surface area contributed by atoms with Gasteiger partial charge in [0.15, 0.2) is 5.16 Å². The average molecular weight is 456 g/mol. The predicted octanol–water partition coefficient (Wildman–Crippen LogP) is -8.88. The summed E-state index contributed by atoms with van der Waals surface area (Å²) in [6.45, 7) is 1.49. The first-order valence-corrected chi connectivity index (χ1v) is 8.08. The Balaban J connectivity index is -0.000000172. The first-order valence-electron chi connectivity index (χ1n) is 6.04. The van der Waals surface area contributed by atoms with E-state index in [9.17, 15) is 30.4 Å². The van der Waals surface area contributed by atoms with Crippen molar-refractivity contribution in [3.05, 3.63) is 38.4 Å². The summed E-state index contributed by atoms with van der Waals surface area (Å²) in [6.07, 6.45) is 5.09. The average Bonchev–Trinajstić information content (AvgIpc) is 2.56. The maximum Gasteiger partial charge on any atom is 1.00 e. The van der Waals surface area contributed by atoms with Crippen molar-refractivity contribution < 1.29 is 109 Å². The summed E-state index contributed by atoms with van der Waals surface area (Å²) >= 11 is 5.24. The number of aromatic nitrogens is 4. The summed E-state index contributed by atoms with van der Waals surface area (Å²) in [6, 6.07) is 0. The van der Waals surface area contributed by atoms with Gasteiger partial charge < -0.3 is 22.8 Å². The Bertz CT molecular complexity index is 761. The Labute approximate surface area is 236 Å². The number of hydrogen-bond acceptors (Lipinski definition) is 12. The zero-order valence-electron chi connectivity index (χ0n) is 16.1. The molecule has 28 heavy (non-hydrogen) atoms. The van der Waals surface area contributed by atoms with Crippen LogP contribution >= 0.6 is 11.8 Å². The molecule has 0 aromatic carbocycles. The molecular weight excluding hydrogens is 445 g/mol. The van der Waals surface area contributed by atoms with Crippen molar-refractivity contribution in [3.8, 4) is 11.8 Å². The van der Waals surface area contributed by atoms with Crippen LogP contribution in [-0.2, 0) is 12.6 Å². The van der Waals surface area contributed by atoms with Crippen LogP contribution in [-0.4, -0.2) is 42.3 Å². The molecule has 0 atom stereocenters. The number of hydrogen-bond donors (Lipinski definition) is 0. The molecule has 0 spiro atoms. The fraction of sp³-hybridized carbons (Fsp3) is 0.273. The van der Waals surface area contributed by atoms with Crippen LogP contribution in [0.25, 0.3) is 0 Å². The van der Waals surface area contributed by atoms with E-state index in [2.05, 4.69) is 32.6 Å². The van der Waals surface area contributed by atoms with Crippen molar-refractivity contribution in [1.82, 2.24) is 19.9 Å². The Morgan fingerprint density at radius 1 is 0.893 bits per heavy atom. The first kappa shape index (κ1) is 35.7. The molecule has 0 amide bonds. The van der Waals surface area contributed by atoms with Gasteiger partial charge in [0, 0.05) is 0 Å². The van der Waals surface area contributed by atoms with Gasteiger partial charge in [0.25, 0.3) is 11.4 Å². The third kappa shape index (κ3) is 12.7. The maximum absolute atomic E-state index is 10.8. The minimum absolute atomic E-state index is 0. The SMILES string of the molecule is CSc1ncc([N+](=O)[O-])c([O-])n1.C[S-].Cc1ncc([N+](=O)[O-])c([O-])n1.[Na+].[Na+].[Na+]. The van der Waals surface area contributed by atoms with Gasteiger partial charge in [-0.25, -0.2) is 19.9 Å². The molecule has 0 fully saturated rings. The van der Waals surface area contributed by atoms with Crippen molar-refractivity contribution in [2.24, 2.45) is 0 Å². The second-order valence-corrected chi connectivity index (χ2v) is 4.44. The van der Waals surface area contributed by atoms with Gasteiger partial charge in [-0.05, 0) is 13.2 Å². The molecule has 12 nitrogen and oxygen atoms in total. The van der Waals surface area contributed by atoms with E-state index in [0.717, 1.165) is 24.2 Å². The molecule has 136 valence electrons. The Morgan fingerprint density at radius 3 is 1.61 bits per heavy atom. The smallest absolute Gasteiger partial charge is 0.854 e. The van der Waals surface area contributed by atoms with E-state index in [1.54, 1.807) is 12.5 Å². The first-order chi connectivity index (χ1) is 11.8. The molecule has 0 aliphatic carbocycles. The van der Waals surface area contributed by atoms with Crippen molar-refractivity contribution in [2.75, 3.05) is 12.5 Å². The van der Waals surface area contributed by atoms with Gasteiger partial charge in [-0.3, -0.25) is 20.2 Å². The number of nitro groups is 2. The van der Waals surface area contributed by atoms with Crippen LogP contribution in [0.2, 0.25) is 0 Å². The fourth-order valence-corrected chi connectivity index (χ4v) is 1.47. The van der Waals surface area contributed by atoms with Crippen LogP contribution in [0.5, 0.6) is 11.8 Å². The van der Waals surface area contributed by atoms with Crippen LogP contribution in [0.4, 0.5) is 11.4 Å². The summed E-state index contributed by atoms with van der Waals surface area (Å²) in [5.74, 6) is -1.46. The molecule has 0 aliphatic rings. The van der Waals surface area contributed by atoms with Gasteiger partial charge in [-0.1, -0.05) is 11.8 Å². The van der Waals surface area contributed by atoms with E-state index in [1.807, 2.05) is 0 Å². The molecule has 2 heterocycles. The monoisotopic (exact) mass is 456 g/mol. The molecule has 0 aliphatic heterocycles. The molecule has 2 rings (SSSR count). The largest absolute Gasteiger partial charge is 1.00 e. The van der Waals surface area contributed by atoms with E-state index >= 15 is 0 Å². The van der Waals surface area contributed by atoms with E-state index < -0.39 is 33.0 Å². The third-order valence-electron chi connectivity index (χ3n) is 2.15. The number of rotatable bonds is 3. The second-order valence-electron chi connectivity index (χ2n) is 3.67. The summed E-state index contributed by atoms with van der Waals surface area (Å²) in [4.78, 5) is 32.3. The molecule has 0 bridgehead atoms. The van der Waals surface area contributed by atoms with Gasteiger partial charge in [-0.15, -0.1) is 0 Å². The van der Waals surface area contributed by atoms with E-state index in [4.69, 9.17) is 0 Å². The number of nitrogens with zero attached hydrogens (tertiary/aromatic N) is 6. The van der Waals surface area contributed by atoms with Gasteiger partial charge in [-0.2, -0.15) is 6.26 Å². The number of aryl methyl sites for hydroxylation is 1. The molecule has 0 saturated carbocycles. The molecule has 2 aromatic rings. The molecule has 0 saturated heterocycles.